The average Bonchev–Trinajstić information content (AvgIpc) is 2.84. The number of benzene rings is 1. The highest BCUT2D eigenvalue weighted by Crippen LogP contribution is 2.28. The van der Waals surface area contributed by atoms with Crippen molar-refractivity contribution in [2.45, 2.75) is 26.1 Å². The summed E-state index contributed by atoms with van der Waals surface area (Å²) in [6.45, 7) is 5.50. The molecule has 1 N–H and O–H groups in total. The largest absolute Gasteiger partial charge is 0.451 e. The van der Waals surface area contributed by atoms with Crippen molar-refractivity contribution in [3.8, 4) is 11.3 Å². The summed E-state index contributed by atoms with van der Waals surface area (Å²) >= 11 is 0. The van der Waals surface area contributed by atoms with Gasteiger partial charge in [-0.2, -0.15) is 13.2 Å². The minimum absolute atomic E-state index is 0.233. The van der Waals surface area contributed by atoms with E-state index in [1.54, 1.807) is 32.0 Å². The minimum atomic E-state index is -4.65. The summed E-state index contributed by atoms with van der Waals surface area (Å²) in [6, 6.07) is 7.18. The Morgan fingerprint density at radius 3 is 2.43 bits per heavy atom. The first kappa shape index (κ1) is 24.5. The van der Waals surface area contributed by atoms with E-state index in [0.717, 1.165) is 18.0 Å². The molecule has 1 aliphatic rings. The van der Waals surface area contributed by atoms with Crippen LogP contribution in [0.4, 0.5) is 23.4 Å². The first-order chi connectivity index (χ1) is 16.6. The lowest BCUT2D eigenvalue weighted by atomic mass is 10.1. The number of alkyl halides is 3. The molecule has 0 bridgehead atoms. The van der Waals surface area contributed by atoms with E-state index in [1.165, 1.54) is 12.1 Å². The molecule has 0 radical (unpaired) electrons. The van der Waals surface area contributed by atoms with Crippen LogP contribution in [0.1, 0.15) is 40.3 Å². The van der Waals surface area contributed by atoms with Crippen LogP contribution in [0.15, 0.2) is 42.7 Å². The van der Waals surface area contributed by atoms with Gasteiger partial charge in [0.1, 0.15) is 11.6 Å². The lowest BCUT2D eigenvalue weighted by Gasteiger charge is -2.28. The normalized spacial score (nSPS) is 15.1. The number of nitrogens with one attached hydrogen (secondary N) is 1. The van der Waals surface area contributed by atoms with Gasteiger partial charge in [0.15, 0.2) is 0 Å². The number of halogens is 4. The fourth-order valence-electron chi connectivity index (χ4n) is 3.64. The first-order valence-electron chi connectivity index (χ1n) is 10.9. The highest BCUT2D eigenvalue weighted by Gasteiger charge is 2.34. The fourth-order valence-corrected chi connectivity index (χ4v) is 3.64. The average molecular weight is 489 g/mol. The fraction of sp³-hybridized carbons (Fsp3) is 0.333. The summed E-state index contributed by atoms with van der Waals surface area (Å²) in [6.07, 6.45) is -2.60. The van der Waals surface area contributed by atoms with Crippen molar-refractivity contribution in [2.24, 2.45) is 0 Å². The second kappa shape index (κ2) is 9.95. The van der Waals surface area contributed by atoms with E-state index < -0.39 is 29.8 Å². The van der Waals surface area contributed by atoms with Crippen LogP contribution < -0.4 is 10.2 Å². The Bertz CT molecular complexity index is 1210. The molecular weight excluding hydrogens is 466 g/mol. The van der Waals surface area contributed by atoms with Crippen molar-refractivity contribution in [3.63, 3.8) is 0 Å². The molecule has 1 amide bonds. The number of pyridine rings is 1. The van der Waals surface area contributed by atoms with E-state index in [4.69, 9.17) is 4.74 Å². The van der Waals surface area contributed by atoms with E-state index in [0.29, 0.717) is 43.4 Å². The van der Waals surface area contributed by atoms with Gasteiger partial charge >= 0.3 is 6.18 Å². The molecule has 7 nitrogen and oxygen atoms in total. The summed E-state index contributed by atoms with van der Waals surface area (Å²) in [5.41, 5.74) is 1.84. The van der Waals surface area contributed by atoms with Gasteiger partial charge in [0.05, 0.1) is 24.9 Å². The monoisotopic (exact) mass is 489 g/mol. The quantitative estimate of drug-likeness (QED) is 0.538. The molecule has 1 aliphatic heterocycles. The number of carbonyl (C=O) groups is 1. The van der Waals surface area contributed by atoms with Crippen LogP contribution in [0.2, 0.25) is 0 Å². The van der Waals surface area contributed by atoms with Gasteiger partial charge in [-0.3, -0.25) is 4.79 Å². The zero-order valence-corrected chi connectivity index (χ0v) is 19.1. The number of hydrogen-bond donors (Lipinski definition) is 1. The molecule has 1 fully saturated rings. The van der Waals surface area contributed by atoms with Crippen LogP contribution in [0.25, 0.3) is 11.3 Å². The standard InChI is InChI=1S/C24H23F4N5O2/c1-14-3-4-18(19(25)9-14)20-10-16(11-21(32-20)33-5-7-35-8-6-33)22(34)31-15(2)17-12-29-23(30-13-17)24(26,27)28/h3-4,9-13,15H,5-8H2,1-2H3,(H,31,34)/t15-/m1/s1. The Balaban J connectivity index is 1.63. The summed E-state index contributed by atoms with van der Waals surface area (Å²) in [5.74, 6) is -1.71. The zero-order chi connectivity index (χ0) is 25.2. The molecule has 11 heteroatoms. The van der Waals surface area contributed by atoms with Crippen LogP contribution >= 0.6 is 0 Å². The van der Waals surface area contributed by atoms with Gasteiger partial charge in [-0.05, 0) is 43.7 Å². The lowest BCUT2D eigenvalue weighted by molar-refractivity contribution is -0.145. The van der Waals surface area contributed by atoms with Crippen LogP contribution in [-0.4, -0.2) is 47.2 Å². The predicted molar refractivity (Wildman–Crippen MR) is 120 cm³/mol. The van der Waals surface area contributed by atoms with Crippen LogP contribution in [-0.2, 0) is 10.9 Å². The van der Waals surface area contributed by atoms with Crippen LogP contribution in [0.3, 0.4) is 0 Å². The van der Waals surface area contributed by atoms with Crippen LogP contribution in [0, 0.1) is 12.7 Å². The molecule has 0 spiro atoms. The summed E-state index contributed by atoms with van der Waals surface area (Å²) < 4.78 is 58.3. The molecule has 0 saturated carbocycles. The Morgan fingerprint density at radius 1 is 1.11 bits per heavy atom. The topological polar surface area (TPSA) is 80.2 Å². The second-order valence-electron chi connectivity index (χ2n) is 8.21. The molecule has 0 aliphatic carbocycles. The maximum Gasteiger partial charge on any atom is 0.451 e. The molecule has 35 heavy (non-hydrogen) atoms. The number of aromatic nitrogens is 3. The van der Waals surface area contributed by atoms with Crippen molar-refractivity contribution >= 4 is 11.7 Å². The Hall–Kier alpha value is -3.60. The first-order valence-corrected chi connectivity index (χ1v) is 10.9. The molecule has 184 valence electrons. The number of amides is 1. The van der Waals surface area contributed by atoms with E-state index in [2.05, 4.69) is 20.3 Å². The van der Waals surface area contributed by atoms with Crippen molar-refractivity contribution < 1.29 is 27.1 Å². The summed E-state index contributed by atoms with van der Waals surface area (Å²) in [7, 11) is 0. The second-order valence-corrected chi connectivity index (χ2v) is 8.21. The number of ether oxygens (including phenoxy) is 1. The highest BCUT2D eigenvalue weighted by atomic mass is 19.4. The maximum atomic E-state index is 14.7. The van der Waals surface area contributed by atoms with Crippen molar-refractivity contribution in [1.29, 1.82) is 0 Å². The number of anilines is 1. The summed E-state index contributed by atoms with van der Waals surface area (Å²) in [4.78, 5) is 26.3. The number of morpholine rings is 1. The molecular formula is C24H23F4N5O2. The van der Waals surface area contributed by atoms with E-state index in [-0.39, 0.29) is 11.1 Å². The number of aryl methyl sites for hydroxylation is 1. The molecule has 3 aromatic rings. The zero-order valence-electron chi connectivity index (χ0n) is 19.1. The molecule has 1 aromatic carbocycles. The van der Waals surface area contributed by atoms with Gasteiger partial charge < -0.3 is 15.0 Å². The van der Waals surface area contributed by atoms with Gasteiger partial charge in [0, 0.05) is 42.2 Å². The Kier molecular flexibility index (Phi) is 6.97. The predicted octanol–water partition coefficient (Wildman–Crippen LogP) is 4.33. The third-order valence-electron chi connectivity index (χ3n) is 5.58. The molecule has 1 saturated heterocycles. The third kappa shape index (κ3) is 5.73. The van der Waals surface area contributed by atoms with Gasteiger partial charge in [-0.25, -0.2) is 19.3 Å². The van der Waals surface area contributed by atoms with E-state index in [9.17, 15) is 22.4 Å². The number of hydrogen-bond acceptors (Lipinski definition) is 6. The molecule has 3 heterocycles. The molecule has 2 aromatic heterocycles. The molecule has 1 atom stereocenters. The number of carbonyl (C=O) groups excluding carboxylic acids is 1. The Labute approximate surface area is 199 Å². The summed E-state index contributed by atoms with van der Waals surface area (Å²) in [5, 5.41) is 2.74. The number of rotatable bonds is 5. The maximum absolute atomic E-state index is 14.7. The van der Waals surface area contributed by atoms with Crippen molar-refractivity contribution in [3.05, 3.63) is 71.1 Å². The van der Waals surface area contributed by atoms with E-state index >= 15 is 0 Å². The van der Waals surface area contributed by atoms with Crippen molar-refractivity contribution in [1.82, 2.24) is 20.3 Å². The van der Waals surface area contributed by atoms with Gasteiger partial charge in [0.2, 0.25) is 5.82 Å². The highest BCUT2D eigenvalue weighted by molar-refractivity contribution is 5.96. The van der Waals surface area contributed by atoms with Gasteiger partial charge in [0.25, 0.3) is 5.91 Å². The minimum Gasteiger partial charge on any atom is -0.378 e. The third-order valence-corrected chi connectivity index (χ3v) is 5.58. The van der Waals surface area contributed by atoms with Gasteiger partial charge in [-0.15, -0.1) is 0 Å². The Morgan fingerprint density at radius 2 is 1.80 bits per heavy atom. The van der Waals surface area contributed by atoms with Crippen molar-refractivity contribution in [2.75, 3.05) is 31.2 Å². The molecule has 0 unspecified atom stereocenters. The smallest absolute Gasteiger partial charge is 0.378 e. The van der Waals surface area contributed by atoms with Gasteiger partial charge in [-0.1, -0.05) is 6.07 Å². The van der Waals surface area contributed by atoms with Crippen LogP contribution in [0.5, 0.6) is 0 Å². The SMILES string of the molecule is Cc1ccc(-c2cc(C(=O)N[C@H](C)c3cnc(C(F)(F)F)nc3)cc(N3CCOCC3)n2)c(F)c1. The number of nitrogens with zero attached hydrogens (tertiary/aromatic N) is 4. The lowest BCUT2D eigenvalue weighted by Crippen LogP contribution is -2.37. The molecule has 4 rings (SSSR count). The van der Waals surface area contributed by atoms with E-state index in [1.807, 2.05) is 4.90 Å².